The van der Waals surface area contributed by atoms with Gasteiger partial charge in [0.2, 0.25) is 0 Å². The smallest absolute Gasteiger partial charge is 0.261 e. The lowest BCUT2D eigenvalue weighted by Crippen LogP contribution is -2.27. The number of nitriles is 1. The summed E-state index contributed by atoms with van der Waals surface area (Å²) in [5, 5.41) is 18.9. The van der Waals surface area contributed by atoms with E-state index in [0.717, 1.165) is 3.57 Å². The number of halogens is 1. The van der Waals surface area contributed by atoms with Crippen LogP contribution in [0.1, 0.15) is 15.9 Å². The van der Waals surface area contributed by atoms with Crippen molar-refractivity contribution in [3.63, 3.8) is 0 Å². The Labute approximate surface area is 130 Å². The van der Waals surface area contributed by atoms with Crippen molar-refractivity contribution in [2.24, 2.45) is 0 Å². The van der Waals surface area contributed by atoms with Gasteiger partial charge in [-0.25, -0.2) is 0 Å². The van der Waals surface area contributed by atoms with Crippen LogP contribution in [-0.2, 0) is 0 Å². The maximum atomic E-state index is 12.4. The van der Waals surface area contributed by atoms with Crippen LogP contribution in [0.5, 0.6) is 5.75 Å². The van der Waals surface area contributed by atoms with Crippen LogP contribution in [0.3, 0.4) is 0 Å². The van der Waals surface area contributed by atoms with Gasteiger partial charge in [-0.3, -0.25) is 4.79 Å². The molecule has 100 valence electrons. The van der Waals surface area contributed by atoms with Crippen LogP contribution in [0.2, 0.25) is 0 Å². The molecule has 0 bridgehead atoms. The first-order chi connectivity index (χ1) is 9.54. The normalized spacial score (nSPS) is 9.85. The fraction of sp³-hybridized carbons (Fsp3) is 0.0667. The second kappa shape index (κ2) is 5.92. The first kappa shape index (κ1) is 14.3. The molecule has 0 heterocycles. The van der Waals surface area contributed by atoms with E-state index in [-0.39, 0.29) is 17.2 Å². The molecule has 1 N–H and O–H groups in total. The molecular weight excluding hydrogens is 367 g/mol. The van der Waals surface area contributed by atoms with Crippen molar-refractivity contribution in [3.8, 4) is 11.8 Å². The molecule has 0 saturated carbocycles. The number of rotatable bonds is 2. The number of carbonyl (C=O) groups excluding carboxylic acids is 1. The predicted molar refractivity (Wildman–Crippen MR) is 84.7 cm³/mol. The lowest BCUT2D eigenvalue weighted by Gasteiger charge is -2.19. The number of benzene rings is 2. The van der Waals surface area contributed by atoms with Gasteiger partial charge in [0, 0.05) is 10.6 Å². The van der Waals surface area contributed by atoms with Crippen molar-refractivity contribution in [3.05, 3.63) is 57.2 Å². The van der Waals surface area contributed by atoms with Gasteiger partial charge >= 0.3 is 0 Å². The van der Waals surface area contributed by atoms with Gasteiger partial charge in [0.25, 0.3) is 5.91 Å². The highest BCUT2D eigenvalue weighted by Crippen LogP contribution is 2.25. The quantitative estimate of drug-likeness (QED) is 0.817. The molecule has 0 aromatic heterocycles. The largest absolute Gasteiger partial charge is 0.507 e. The lowest BCUT2D eigenvalue weighted by molar-refractivity contribution is 0.0990. The van der Waals surface area contributed by atoms with E-state index in [1.54, 1.807) is 43.4 Å². The molecule has 2 rings (SSSR count). The molecule has 0 aliphatic heterocycles. The zero-order chi connectivity index (χ0) is 14.7. The number of hydrogen-bond acceptors (Lipinski definition) is 3. The SMILES string of the molecule is CN(C(=O)c1cc(I)ccc1O)c1ccccc1C#N. The van der Waals surface area contributed by atoms with E-state index in [2.05, 4.69) is 28.7 Å². The Balaban J connectivity index is 2.43. The average molecular weight is 378 g/mol. The van der Waals surface area contributed by atoms with Gasteiger partial charge in [-0.05, 0) is 52.9 Å². The highest BCUT2D eigenvalue weighted by Gasteiger charge is 2.19. The maximum Gasteiger partial charge on any atom is 0.261 e. The first-order valence-corrected chi connectivity index (χ1v) is 6.88. The molecule has 0 saturated heterocycles. The number of phenolic OH excluding ortho intramolecular Hbond substituents is 1. The maximum absolute atomic E-state index is 12.4. The van der Waals surface area contributed by atoms with E-state index < -0.39 is 0 Å². The van der Waals surface area contributed by atoms with Crippen molar-refractivity contribution < 1.29 is 9.90 Å². The summed E-state index contributed by atoms with van der Waals surface area (Å²) in [5.74, 6) is -0.430. The van der Waals surface area contributed by atoms with Crippen molar-refractivity contribution in [1.29, 1.82) is 5.26 Å². The van der Waals surface area contributed by atoms with Crippen molar-refractivity contribution in [2.45, 2.75) is 0 Å². The highest BCUT2D eigenvalue weighted by molar-refractivity contribution is 14.1. The number of nitrogens with zero attached hydrogens (tertiary/aromatic N) is 2. The summed E-state index contributed by atoms with van der Waals surface area (Å²) < 4.78 is 0.853. The molecule has 0 radical (unpaired) electrons. The minimum absolute atomic E-state index is 0.0725. The van der Waals surface area contributed by atoms with Crippen LogP contribution in [0.15, 0.2) is 42.5 Å². The molecule has 0 spiro atoms. The Bertz CT molecular complexity index is 707. The summed E-state index contributed by atoms with van der Waals surface area (Å²) in [6.45, 7) is 0. The van der Waals surface area contributed by atoms with E-state index in [0.29, 0.717) is 11.3 Å². The molecule has 0 unspecified atom stereocenters. The minimum Gasteiger partial charge on any atom is -0.507 e. The predicted octanol–water partition coefficient (Wildman–Crippen LogP) is 3.15. The number of phenols is 1. The second-order valence-corrected chi connectivity index (χ2v) is 5.40. The summed E-state index contributed by atoms with van der Waals surface area (Å²) >= 11 is 2.07. The summed E-state index contributed by atoms with van der Waals surface area (Å²) in [4.78, 5) is 13.8. The third kappa shape index (κ3) is 2.75. The standard InChI is InChI=1S/C15H11IN2O2/c1-18(13-5-3-2-4-10(13)9-17)15(20)12-8-11(16)6-7-14(12)19/h2-8,19H,1H3. The van der Waals surface area contributed by atoms with Gasteiger partial charge in [-0.2, -0.15) is 5.26 Å². The van der Waals surface area contributed by atoms with Crippen molar-refractivity contribution in [2.75, 3.05) is 11.9 Å². The molecule has 20 heavy (non-hydrogen) atoms. The molecule has 1 amide bonds. The highest BCUT2D eigenvalue weighted by atomic mass is 127. The fourth-order valence-electron chi connectivity index (χ4n) is 1.83. The second-order valence-electron chi connectivity index (χ2n) is 4.15. The summed E-state index contributed by atoms with van der Waals surface area (Å²) in [5.41, 5.74) is 1.14. The molecule has 2 aromatic rings. The van der Waals surface area contributed by atoms with E-state index in [1.807, 2.05) is 0 Å². The van der Waals surface area contributed by atoms with E-state index in [4.69, 9.17) is 5.26 Å². The van der Waals surface area contributed by atoms with Crippen molar-refractivity contribution in [1.82, 2.24) is 0 Å². The lowest BCUT2D eigenvalue weighted by atomic mass is 10.1. The number of hydrogen-bond donors (Lipinski definition) is 1. The molecule has 4 nitrogen and oxygen atoms in total. The number of anilines is 1. The fourth-order valence-corrected chi connectivity index (χ4v) is 2.32. The topological polar surface area (TPSA) is 64.3 Å². The molecule has 0 aliphatic carbocycles. The summed E-state index contributed by atoms with van der Waals surface area (Å²) in [6.07, 6.45) is 0. The van der Waals surface area contributed by atoms with Gasteiger partial charge in [0.1, 0.15) is 11.8 Å². The van der Waals surface area contributed by atoms with E-state index in [9.17, 15) is 9.90 Å². The minimum atomic E-state index is -0.358. The van der Waals surface area contributed by atoms with E-state index in [1.165, 1.54) is 11.0 Å². The Morgan fingerprint density at radius 3 is 2.70 bits per heavy atom. The Kier molecular flexibility index (Phi) is 4.25. The van der Waals surface area contributed by atoms with Crippen LogP contribution >= 0.6 is 22.6 Å². The van der Waals surface area contributed by atoms with Crippen LogP contribution in [-0.4, -0.2) is 18.1 Å². The van der Waals surface area contributed by atoms with Gasteiger partial charge in [0.15, 0.2) is 0 Å². The van der Waals surface area contributed by atoms with Crippen molar-refractivity contribution >= 4 is 34.2 Å². The summed E-state index contributed by atoms with van der Waals surface area (Å²) in [6, 6.07) is 13.7. The number of amides is 1. The monoisotopic (exact) mass is 378 g/mol. The molecule has 0 fully saturated rings. The van der Waals surface area contributed by atoms with E-state index >= 15 is 0 Å². The van der Waals surface area contributed by atoms with Gasteiger partial charge in [-0.15, -0.1) is 0 Å². The molecule has 5 heteroatoms. The Morgan fingerprint density at radius 1 is 1.30 bits per heavy atom. The average Bonchev–Trinajstić information content (AvgIpc) is 2.48. The summed E-state index contributed by atoms with van der Waals surface area (Å²) in [7, 11) is 1.58. The Morgan fingerprint density at radius 2 is 2.00 bits per heavy atom. The van der Waals surface area contributed by atoms with Gasteiger partial charge in [-0.1, -0.05) is 12.1 Å². The zero-order valence-corrected chi connectivity index (χ0v) is 12.8. The molecule has 2 aromatic carbocycles. The third-order valence-corrected chi connectivity index (χ3v) is 3.55. The van der Waals surface area contributed by atoms with Crippen LogP contribution in [0.25, 0.3) is 0 Å². The Hall–Kier alpha value is -2.07. The van der Waals surface area contributed by atoms with Crippen LogP contribution in [0, 0.1) is 14.9 Å². The third-order valence-electron chi connectivity index (χ3n) is 2.88. The van der Waals surface area contributed by atoms with Gasteiger partial charge in [0.05, 0.1) is 16.8 Å². The zero-order valence-electron chi connectivity index (χ0n) is 10.7. The number of carbonyl (C=O) groups is 1. The van der Waals surface area contributed by atoms with Gasteiger partial charge < -0.3 is 10.0 Å². The van der Waals surface area contributed by atoms with Crippen LogP contribution < -0.4 is 4.90 Å². The number of aromatic hydroxyl groups is 1. The first-order valence-electron chi connectivity index (χ1n) is 5.80. The number of para-hydroxylation sites is 1. The van der Waals surface area contributed by atoms with Crippen LogP contribution in [0.4, 0.5) is 5.69 Å². The molecule has 0 atom stereocenters. The molecular formula is C15H11IN2O2. The molecule has 0 aliphatic rings.